The Kier molecular flexibility index (Phi) is 5.67. The fourth-order valence-corrected chi connectivity index (χ4v) is 3.82. The van der Waals surface area contributed by atoms with Crippen molar-refractivity contribution in [1.82, 2.24) is 19.6 Å². The lowest BCUT2D eigenvalue weighted by Gasteiger charge is -2.45. The number of amides is 2. The number of carbonyl (C=O) groups is 2. The molecule has 1 atom stereocenters. The summed E-state index contributed by atoms with van der Waals surface area (Å²) in [7, 11) is 1.83. The predicted molar refractivity (Wildman–Crippen MR) is 99.0 cm³/mol. The number of hydrogen-bond acceptors (Lipinski definition) is 5. The molecule has 2 aliphatic heterocycles. The van der Waals surface area contributed by atoms with E-state index in [9.17, 15) is 9.59 Å². The van der Waals surface area contributed by atoms with Gasteiger partial charge in [-0.3, -0.25) is 19.4 Å². The number of carbonyl (C=O) groups excluding carboxylic acids is 2. The molecule has 3 rings (SSSR count). The summed E-state index contributed by atoms with van der Waals surface area (Å²) in [5.74, 6) is 1.56. The SMILES string of the molecule is CCN(CC)Cc1cc(C(=O)N2CCN3CCN(C)C(=O)C3C2)c(C)o1. The van der Waals surface area contributed by atoms with Gasteiger partial charge in [-0.15, -0.1) is 0 Å². The van der Waals surface area contributed by atoms with Crippen molar-refractivity contribution in [2.24, 2.45) is 0 Å². The molecule has 1 aromatic rings. The van der Waals surface area contributed by atoms with E-state index in [1.54, 1.807) is 9.80 Å². The number of nitrogens with zero attached hydrogens (tertiary/aromatic N) is 4. The molecule has 26 heavy (non-hydrogen) atoms. The minimum atomic E-state index is -0.214. The Balaban J connectivity index is 1.71. The lowest BCUT2D eigenvalue weighted by atomic mass is 10.1. The third-order valence-electron chi connectivity index (χ3n) is 5.64. The van der Waals surface area contributed by atoms with E-state index in [0.29, 0.717) is 31.0 Å². The first-order valence-electron chi connectivity index (χ1n) is 9.54. The highest BCUT2D eigenvalue weighted by Crippen LogP contribution is 2.22. The predicted octanol–water partition coefficient (Wildman–Crippen LogP) is 1.03. The second-order valence-electron chi connectivity index (χ2n) is 7.21. The molecule has 0 N–H and O–H groups in total. The molecule has 3 heterocycles. The van der Waals surface area contributed by atoms with Crippen LogP contribution in [0.25, 0.3) is 0 Å². The topological polar surface area (TPSA) is 60.2 Å². The minimum absolute atomic E-state index is 0.0299. The van der Waals surface area contributed by atoms with Crippen molar-refractivity contribution in [3.05, 3.63) is 23.2 Å². The molecule has 2 aliphatic rings. The summed E-state index contributed by atoms with van der Waals surface area (Å²) in [6, 6.07) is 1.66. The van der Waals surface area contributed by atoms with E-state index in [1.807, 2.05) is 20.0 Å². The van der Waals surface area contributed by atoms with Gasteiger partial charge in [0.05, 0.1) is 12.1 Å². The summed E-state index contributed by atoms with van der Waals surface area (Å²) in [5.41, 5.74) is 0.622. The molecule has 2 fully saturated rings. The smallest absolute Gasteiger partial charge is 0.257 e. The van der Waals surface area contributed by atoms with Gasteiger partial charge in [0.1, 0.15) is 17.6 Å². The molecule has 1 unspecified atom stereocenters. The number of fused-ring (bicyclic) bond motifs is 1. The highest BCUT2D eigenvalue weighted by molar-refractivity contribution is 5.96. The van der Waals surface area contributed by atoms with Crippen LogP contribution in [0.3, 0.4) is 0 Å². The molecule has 7 heteroatoms. The third kappa shape index (κ3) is 3.64. The standard InChI is InChI=1S/C19H30N4O3/c1-5-21(6-2)12-15-11-16(14(3)26-15)18(24)23-10-9-22-8-7-20(4)19(25)17(22)13-23/h11,17H,5-10,12-13H2,1-4H3. The van der Waals surface area contributed by atoms with Crippen LogP contribution < -0.4 is 0 Å². The van der Waals surface area contributed by atoms with Crippen LogP contribution in [0.5, 0.6) is 0 Å². The summed E-state index contributed by atoms with van der Waals surface area (Å²) in [4.78, 5) is 33.5. The summed E-state index contributed by atoms with van der Waals surface area (Å²) < 4.78 is 5.83. The van der Waals surface area contributed by atoms with E-state index >= 15 is 0 Å². The molecule has 0 aliphatic carbocycles. The molecule has 1 aromatic heterocycles. The Labute approximate surface area is 155 Å². The van der Waals surface area contributed by atoms with Gasteiger partial charge in [0.25, 0.3) is 5.91 Å². The number of piperazine rings is 2. The normalized spacial score (nSPS) is 21.4. The summed E-state index contributed by atoms with van der Waals surface area (Å²) >= 11 is 0. The minimum Gasteiger partial charge on any atom is -0.464 e. The highest BCUT2D eigenvalue weighted by Gasteiger charge is 2.39. The van der Waals surface area contributed by atoms with Gasteiger partial charge in [-0.25, -0.2) is 0 Å². The first-order chi connectivity index (χ1) is 12.4. The van der Waals surface area contributed by atoms with Crippen LogP contribution in [0.1, 0.15) is 35.7 Å². The average molecular weight is 362 g/mol. The van der Waals surface area contributed by atoms with Crippen molar-refractivity contribution in [1.29, 1.82) is 0 Å². The number of rotatable bonds is 5. The van der Waals surface area contributed by atoms with Crippen LogP contribution in [-0.2, 0) is 11.3 Å². The second-order valence-corrected chi connectivity index (χ2v) is 7.21. The van der Waals surface area contributed by atoms with Crippen LogP contribution in [0, 0.1) is 6.92 Å². The zero-order chi connectivity index (χ0) is 18.8. The van der Waals surface area contributed by atoms with Crippen molar-refractivity contribution >= 4 is 11.8 Å². The molecule has 0 radical (unpaired) electrons. The van der Waals surface area contributed by atoms with Gasteiger partial charge >= 0.3 is 0 Å². The molecular formula is C19H30N4O3. The van der Waals surface area contributed by atoms with Gasteiger partial charge < -0.3 is 14.2 Å². The summed E-state index contributed by atoms with van der Waals surface area (Å²) in [6.45, 7) is 12.2. The van der Waals surface area contributed by atoms with Gasteiger partial charge in [0.15, 0.2) is 0 Å². The van der Waals surface area contributed by atoms with E-state index in [2.05, 4.69) is 23.6 Å². The summed E-state index contributed by atoms with van der Waals surface area (Å²) in [5, 5.41) is 0. The molecule has 7 nitrogen and oxygen atoms in total. The Morgan fingerprint density at radius 3 is 2.62 bits per heavy atom. The molecule has 0 aromatic carbocycles. The lowest BCUT2D eigenvalue weighted by molar-refractivity contribution is -0.142. The molecular weight excluding hydrogens is 332 g/mol. The Morgan fingerprint density at radius 1 is 1.23 bits per heavy atom. The van der Waals surface area contributed by atoms with Crippen LogP contribution in [0.15, 0.2) is 10.5 Å². The fraction of sp³-hybridized carbons (Fsp3) is 0.684. The Bertz CT molecular complexity index is 668. The zero-order valence-electron chi connectivity index (χ0n) is 16.3. The number of hydrogen-bond donors (Lipinski definition) is 0. The van der Waals surface area contributed by atoms with Gasteiger partial charge in [-0.05, 0) is 26.1 Å². The van der Waals surface area contributed by atoms with E-state index in [1.165, 1.54) is 0 Å². The fourth-order valence-electron chi connectivity index (χ4n) is 3.82. The number of furan rings is 1. The van der Waals surface area contributed by atoms with Crippen LogP contribution in [-0.4, -0.2) is 90.3 Å². The first kappa shape index (κ1) is 18.9. The molecule has 0 spiro atoms. The van der Waals surface area contributed by atoms with E-state index in [0.717, 1.165) is 38.5 Å². The van der Waals surface area contributed by atoms with E-state index < -0.39 is 0 Å². The average Bonchev–Trinajstić information content (AvgIpc) is 3.02. The second kappa shape index (κ2) is 7.80. The first-order valence-corrected chi connectivity index (χ1v) is 9.54. The number of likely N-dealkylation sites (N-methyl/N-ethyl adjacent to an activating group) is 1. The van der Waals surface area contributed by atoms with E-state index in [-0.39, 0.29) is 17.9 Å². The molecule has 0 saturated carbocycles. The van der Waals surface area contributed by atoms with Crippen LogP contribution >= 0.6 is 0 Å². The Hall–Kier alpha value is -1.86. The van der Waals surface area contributed by atoms with Gasteiger partial charge in [0.2, 0.25) is 5.91 Å². The summed E-state index contributed by atoms with van der Waals surface area (Å²) in [6.07, 6.45) is 0. The maximum atomic E-state index is 13.0. The Morgan fingerprint density at radius 2 is 1.92 bits per heavy atom. The van der Waals surface area contributed by atoms with Crippen LogP contribution in [0.2, 0.25) is 0 Å². The monoisotopic (exact) mass is 362 g/mol. The number of aryl methyl sites for hydroxylation is 1. The van der Waals surface area contributed by atoms with Crippen LogP contribution in [0.4, 0.5) is 0 Å². The highest BCUT2D eigenvalue weighted by atomic mass is 16.3. The van der Waals surface area contributed by atoms with Crippen molar-refractivity contribution < 1.29 is 14.0 Å². The van der Waals surface area contributed by atoms with Gasteiger partial charge in [-0.1, -0.05) is 13.8 Å². The largest absolute Gasteiger partial charge is 0.464 e. The van der Waals surface area contributed by atoms with Crippen molar-refractivity contribution in [3.8, 4) is 0 Å². The zero-order valence-corrected chi connectivity index (χ0v) is 16.3. The molecule has 0 bridgehead atoms. The third-order valence-corrected chi connectivity index (χ3v) is 5.64. The van der Waals surface area contributed by atoms with Crippen molar-refractivity contribution in [3.63, 3.8) is 0 Å². The lowest BCUT2D eigenvalue weighted by Crippen LogP contribution is -2.64. The van der Waals surface area contributed by atoms with E-state index in [4.69, 9.17) is 4.42 Å². The van der Waals surface area contributed by atoms with Crippen molar-refractivity contribution in [2.75, 3.05) is 52.9 Å². The van der Waals surface area contributed by atoms with Gasteiger partial charge in [-0.2, -0.15) is 0 Å². The maximum Gasteiger partial charge on any atom is 0.257 e. The maximum absolute atomic E-state index is 13.0. The molecule has 144 valence electrons. The molecule has 2 amide bonds. The van der Waals surface area contributed by atoms with Gasteiger partial charge in [0, 0.05) is 39.8 Å². The van der Waals surface area contributed by atoms with Crippen molar-refractivity contribution in [2.45, 2.75) is 33.4 Å². The quantitative estimate of drug-likeness (QED) is 0.783. The molecule has 2 saturated heterocycles.